The topological polar surface area (TPSA) is 69.4 Å². The van der Waals surface area contributed by atoms with Crippen LogP contribution in [0, 0.1) is 0 Å². The van der Waals surface area contributed by atoms with Crippen LogP contribution in [-0.2, 0) is 27.8 Å². The maximum absolute atomic E-state index is 11.1. The standard InChI is InChI=1S/C15H17NO3S/c16-20(17,18)15-8-6-13(7-9-15)10-11-19-12-14-4-2-1-3-5-14/h1-9H,10-12H2,(H2,16,17,18). The maximum atomic E-state index is 11.1. The number of nitrogens with two attached hydrogens (primary N) is 1. The molecule has 2 rings (SSSR count). The van der Waals surface area contributed by atoms with Gasteiger partial charge in [-0.2, -0.15) is 0 Å². The highest BCUT2D eigenvalue weighted by atomic mass is 32.2. The van der Waals surface area contributed by atoms with Gasteiger partial charge < -0.3 is 4.74 Å². The fraction of sp³-hybridized carbons (Fsp3) is 0.200. The molecule has 2 aromatic rings. The average Bonchev–Trinajstić information content (AvgIpc) is 2.44. The first-order valence-corrected chi connectivity index (χ1v) is 7.84. The molecule has 0 saturated carbocycles. The van der Waals surface area contributed by atoms with Gasteiger partial charge in [0.05, 0.1) is 18.1 Å². The zero-order valence-corrected chi connectivity index (χ0v) is 11.8. The predicted molar refractivity (Wildman–Crippen MR) is 77.6 cm³/mol. The molecular weight excluding hydrogens is 274 g/mol. The molecule has 106 valence electrons. The lowest BCUT2D eigenvalue weighted by atomic mass is 10.2. The first kappa shape index (κ1) is 14.7. The normalized spacial score (nSPS) is 11.4. The third-order valence-corrected chi connectivity index (χ3v) is 3.83. The summed E-state index contributed by atoms with van der Waals surface area (Å²) in [6.45, 7) is 1.17. The maximum Gasteiger partial charge on any atom is 0.238 e. The van der Waals surface area contributed by atoms with Crippen LogP contribution in [0.1, 0.15) is 11.1 Å². The zero-order chi connectivity index (χ0) is 14.4. The van der Waals surface area contributed by atoms with Crippen molar-refractivity contribution in [2.45, 2.75) is 17.9 Å². The minimum absolute atomic E-state index is 0.131. The van der Waals surface area contributed by atoms with E-state index in [2.05, 4.69) is 0 Å². The van der Waals surface area contributed by atoms with E-state index in [1.54, 1.807) is 12.1 Å². The van der Waals surface area contributed by atoms with Gasteiger partial charge in [0.1, 0.15) is 0 Å². The molecule has 2 aromatic carbocycles. The van der Waals surface area contributed by atoms with Crippen molar-refractivity contribution in [1.82, 2.24) is 0 Å². The molecule has 2 N–H and O–H groups in total. The third-order valence-electron chi connectivity index (χ3n) is 2.90. The Morgan fingerprint density at radius 3 is 2.15 bits per heavy atom. The molecule has 0 aliphatic carbocycles. The van der Waals surface area contributed by atoms with E-state index in [4.69, 9.17) is 9.88 Å². The highest BCUT2D eigenvalue weighted by molar-refractivity contribution is 7.89. The molecule has 0 aromatic heterocycles. The van der Waals surface area contributed by atoms with E-state index in [0.29, 0.717) is 13.2 Å². The van der Waals surface area contributed by atoms with E-state index in [0.717, 1.165) is 17.5 Å². The average molecular weight is 291 g/mol. The smallest absolute Gasteiger partial charge is 0.238 e. The number of hydrogen-bond donors (Lipinski definition) is 1. The van der Waals surface area contributed by atoms with Gasteiger partial charge in [-0.1, -0.05) is 42.5 Å². The Morgan fingerprint density at radius 1 is 0.900 bits per heavy atom. The molecule has 0 heterocycles. The molecule has 20 heavy (non-hydrogen) atoms. The summed E-state index contributed by atoms with van der Waals surface area (Å²) in [5.74, 6) is 0. The summed E-state index contributed by atoms with van der Waals surface area (Å²) in [6.07, 6.45) is 0.734. The SMILES string of the molecule is NS(=O)(=O)c1ccc(CCOCc2ccccc2)cc1. The summed E-state index contributed by atoms with van der Waals surface area (Å²) in [7, 11) is -3.61. The minimum atomic E-state index is -3.61. The van der Waals surface area contributed by atoms with E-state index in [1.165, 1.54) is 12.1 Å². The Morgan fingerprint density at radius 2 is 1.55 bits per heavy atom. The van der Waals surface area contributed by atoms with Gasteiger partial charge >= 0.3 is 0 Å². The molecule has 0 aliphatic rings. The Labute approximate surface area is 119 Å². The summed E-state index contributed by atoms with van der Waals surface area (Å²) in [6, 6.07) is 16.5. The lowest BCUT2D eigenvalue weighted by molar-refractivity contribution is 0.124. The van der Waals surface area contributed by atoms with Gasteiger partial charge in [-0.25, -0.2) is 13.6 Å². The van der Waals surface area contributed by atoms with E-state index in [9.17, 15) is 8.42 Å². The van der Waals surface area contributed by atoms with E-state index in [1.807, 2.05) is 30.3 Å². The molecule has 0 amide bonds. The largest absolute Gasteiger partial charge is 0.376 e. The third kappa shape index (κ3) is 4.45. The molecule has 0 radical (unpaired) electrons. The number of ether oxygens (including phenoxy) is 1. The van der Waals surface area contributed by atoms with Crippen LogP contribution >= 0.6 is 0 Å². The quantitative estimate of drug-likeness (QED) is 0.829. The molecule has 0 aliphatic heterocycles. The van der Waals surface area contributed by atoms with Crippen molar-refractivity contribution in [1.29, 1.82) is 0 Å². The number of rotatable bonds is 6. The van der Waals surface area contributed by atoms with Crippen molar-refractivity contribution in [2.24, 2.45) is 5.14 Å². The second-order valence-electron chi connectivity index (χ2n) is 4.48. The van der Waals surface area contributed by atoms with Crippen molar-refractivity contribution in [3.05, 3.63) is 65.7 Å². The van der Waals surface area contributed by atoms with E-state index < -0.39 is 10.0 Å². The van der Waals surface area contributed by atoms with Crippen molar-refractivity contribution in [2.75, 3.05) is 6.61 Å². The van der Waals surface area contributed by atoms with Gasteiger partial charge in [0.15, 0.2) is 0 Å². The molecule has 0 unspecified atom stereocenters. The number of primary sulfonamides is 1. The fourth-order valence-corrected chi connectivity index (χ4v) is 2.32. The molecule has 5 heteroatoms. The van der Waals surface area contributed by atoms with Crippen LogP contribution in [0.3, 0.4) is 0 Å². The number of hydrogen-bond acceptors (Lipinski definition) is 3. The first-order valence-electron chi connectivity index (χ1n) is 6.29. The van der Waals surface area contributed by atoms with Gasteiger partial charge in [0.25, 0.3) is 0 Å². The van der Waals surface area contributed by atoms with Crippen LogP contribution in [0.15, 0.2) is 59.5 Å². The van der Waals surface area contributed by atoms with Gasteiger partial charge in [-0.3, -0.25) is 0 Å². The Hall–Kier alpha value is -1.69. The molecule has 4 nitrogen and oxygen atoms in total. The first-order chi connectivity index (χ1) is 9.55. The van der Waals surface area contributed by atoms with Gasteiger partial charge in [0.2, 0.25) is 10.0 Å². The highest BCUT2D eigenvalue weighted by Gasteiger charge is 2.06. The second kappa shape index (κ2) is 6.65. The van der Waals surface area contributed by atoms with E-state index >= 15 is 0 Å². The number of benzene rings is 2. The Balaban J connectivity index is 1.80. The molecule has 0 bridgehead atoms. The second-order valence-corrected chi connectivity index (χ2v) is 6.04. The van der Waals surface area contributed by atoms with Crippen LogP contribution in [0.4, 0.5) is 0 Å². The predicted octanol–water partition coefficient (Wildman–Crippen LogP) is 2.09. The lowest BCUT2D eigenvalue weighted by Gasteiger charge is -2.05. The van der Waals surface area contributed by atoms with Crippen molar-refractivity contribution >= 4 is 10.0 Å². The van der Waals surface area contributed by atoms with Crippen LogP contribution in [0.5, 0.6) is 0 Å². The lowest BCUT2D eigenvalue weighted by Crippen LogP contribution is -2.12. The van der Waals surface area contributed by atoms with Gasteiger partial charge in [-0.15, -0.1) is 0 Å². The molecule has 0 atom stereocenters. The van der Waals surface area contributed by atoms with Crippen molar-refractivity contribution < 1.29 is 13.2 Å². The van der Waals surface area contributed by atoms with Crippen LogP contribution < -0.4 is 5.14 Å². The minimum Gasteiger partial charge on any atom is -0.376 e. The van der Waals surface area contributed by atoms with Crippen LogP contribution in [-0.4, -0.2) is 15.0 Å². The molecule has 0 fully saturated rings. The van der Waals surface area contributed by atoms with Gasteiger partial charge in [-0.05, 0) is 29.7 Å². The summed E-state index contributed by atoms with van der Waals surface area (Å²) in [5, 5.41) is 5.04. The van der Waals surface area contributed by atoms with E-state index in [-0.39, 0.29) is 4.90 Å². The summed E-state index contributed by atoms with van der Waals surface area (Å²) >= 11 is 0. The molecule has 0 saturated heterocycles. The zero-order valence-electron chi connectivity index (χ0n) is 11.0. The van der Waals surface area contributed by atoms with Crippen LogP contribution in [0.2, 0.25) is 0 Å². The summed E-state index contributed by atoms with van der Waals surface area (Å²) in [5.41, 5.74) is 2.16. The van der Waals surface area contributed by atoms with Crippen LogP contribution in [0.25, 0.3) is 0 Å². The monoisotopic (exact) mass is 291 g/mol. The molecule has 0 spiro atoms. The summed E-state index contributed by atoms with van der Waals surface area (Å²) in [4.78, 5) is 0.131. The Kier molecular flexibility index (Phi) is 4.89. The number of sulfonamides is 1. The fourth-order valence-electron chi connectivity index (χ4n) is 1.80. The highest BCUT2D eigenvalue weighted by Crippen LogP contribution is 2.09. The molecular formula is C15H17NO3S. The van der Waals surface area contributed by atoms with Crippen molar-refractivity contribution in [3.8, 4) is 0 Å². The van der Waals surface area contributed by atoms with Gasteiger partial charge in [0, 0.05) is 0 Å². The summed E-state index contributed by atoms with van der Waals surface area (Å²) < 4.78 is 27.8. The van der Waals surface area contributed by atoms with Crippen molar-refractivity contribution in [3.63, 3.8) is 0 Å². The Bertz CT molecular complexity index is 637.